The van der Waals surface area contributed by atoms with E-state index < -0.39 is 10.0 Å². The van der Waals surface area contributed by atoms with Crippen molar-refractivity contribution in [1.29, 1.82) is 0 Å². The van der Waals surface area contributed by atoms with Gasteiger partial charge in [-0.25, -0.2) is 13.1 Å². The van der Waals surface area contributed by atoms with Crippen LogP contribution in [0, 0.1) is 0 Å². The molecule has 0 bridgehead atoms. The lowest BCUT2D eigenvalue weighted by Crippen LogP contribution is -2.45. The van der Waals surface area contributed by atoms with Crippen LogP contribution in [0.1, 0.15) is 6.92 Å². The first kappa shape index (κ1) is 12.4. The highest BCUT2D eigenvalue weighted by atomic mass is 32.2. The average molecular weight is 236 g/mol. The zero-order chi connectivity index (χ0) is 11.3. The summed E-state index contributed by atoms with van der Waals surface area (Å²) in [5.74, 6) is -0.0266. The number of hydrogen-bond acceptors (Lipinski definition) is 4. The van der Waals surface area contributed by atoms with E-state index >= 15 is 0 Å². The maximum atomic E-state index is 11.2. The summed E-state index contributed by atoms with van der Waals surface area (Å²) in [7, 11) is -3.16. The quantitative estimate of drug-likeness (QED) is 0.649. The monoisotopic (exact) mass is 236 g/mol. The zero-order valence-corrected chi connectivity index (χ0v) is 9.55. The van der Waals surface area contributed by atoms with Crippen molar-refractivity contribution in [2.24, 2.45) is 0 Å². The second kappa shape index (κ2) is 5.43. The first-order valence-corrected chi connectivity index (χ1v) is 6.53. The highest BCUT2D eigenvalue weighted by Gasteiger charge is 2.18. The van der Waals surface area contributed by atoms with E-state index in [-0.39, 0.29) is 24.8 Å². The number of nitrogens with one attached hydrogen (secondary N) is 1. The molecular formula is C8H16N2O4S. The minimum Gasteiger partial charge on any atom is -0.370 e. The minimum atomic E-state index is -3.16. The van der Waals surface area contributed by atoms with Gasteiger partial charge < -0.3 is 9.64 Å². The third-order valence-corrected chi connectivity index (χ3v) is 3.57. The van der Waals surface area contributed by atoms with Crippen molar-refractivity contribution in [2.75, 3.05) is 38.6 Å². The summed E-state index contributed by atoms with van der Waals surface area (Å²) in [6.45, 7) is 3.39. The molecule has 1 amide bonds. The number of amides is 1. The third-order valence-electron chi connectivity index (χ3n) is 2.17. The van der Waals surface area contributed by atoms with Crippen molar-refractivity contribution in [3.05, 3.63) is 0 Å². The molecule has 1 fully saturated rings. The highest BCUT2D eigenvalue weighted by Crippen LogP contribution is 1.97. The van der Waals surface area contributed by atoms with Crippen LogP contribution in [-0.4, -0.2) is 57.8 Å². The number of rotatable bonds is 5. The van der Waals surface area contributed by atoms with Gasteiger partial charge in [0, 0.05) is 19.6 Å². The van der Waals surface area contributed by atoms with E-state index in [4.69, 9.17) is 4.74 Å². The fourth-order valence-electron chi connectivity index (χ4n) is 1.22. The summed E-state index contributed by atoms with van der Waals surface area (Å²) < 4.78 is 29.5. The maximum Gasteiger partial charge on any atom is 0.248 e. The number of morpholine rings is 1. The Kier molecular flexibility index (Phi) is 4.49. The molecular weight excluding hydrogens is 220 g/mol. The van der Waals surface area contributed by atoms with Crippen molar-refractivity contribution in [3.63, 3.8) is 0 Å². The van der Waals surface area contributed by atoms with Gasteiger partial charge in [-0.3, -0.25) is 4.79 Å². The Hall–Kier alpha value is -0.660. The molecule has 1 heterocycles. The molecule has 1 aliphatic heterocycles. The van der Waals surface area contributed by atoms with Gasteiger partial charge in [0.25, 0.3) is 0 Å². The van der Waals surface area contributed by atoms with Crippen molar-refractivity contribution < 1.29 is 17.9 Å². The molecule has 15 heavy (non-hydrogen) atoms. The van der Waals surface area contributed by atoms with E-state index in [1.54, 1.807) is 11.8 Å². The van der Waals surface area contributed by atoms with Crippen LogP contribution < -0.4 is 4.72 Å². The Morgan fingerprint density at radius 2 is 2.27 bits per heavy atom. The van der Waals surface area contributed by atoms with E-state index in [1.807, 2.05) is 0 Å². The Morgan fingerprint density at radius 1 is 1.53 bits per heavy atom. The van der Waals surface area contributed by atoms with Crippen molar-refractivity contribution in [1.82, 2.24) is 9.62 Å². The number of sulfonamides is 1. The van der Waals surface area contributed by atoms with Gasteiger partial charge in [-0.2, -0.15) is 0 Å². The lowest BCUT2D eigenvalue weighted by molar-refractivity contribution is -0.142. The van der Waals surface area contributed by atoms with E-state index in [0.717, 1.165) is 0 Å². The fraction of sp³-hybridized carbons (Fsp3) is 0.875. The van der Waals surface area contributed by atoms with Crippen LogP contribution in [0.4, 0.5) is 0 Å². The van der Waals surface area contributed by atoms with Crippen LogP contribution in [0.25, 0.3) is 0 Å². The van der Waals surface area contributed by atoms with Crippen LogP contribution in [0.5, 0.6) is 0 Å². The maximum absolute atomic E-state index is 11.2. The molecule has 0 atom stereocenters. The molecule has 0 saturated carbocycles. The summed E-state index contributed by atoms with van der Waals surface area (Å²) in [6, 6.07) is 0. The van der Waals surface area contributed by atoms with Gasteiger partial charge in [0.2, 0.25) is 15.9 Å². The Bertz CT molecular complexity index is 315. The van der Waals surface area contributed by atoms with Gasteiger partial charge in [0.1, 0.15) is 6.61 Å². The van der Waals surface area contributed by atoms with Crippen LogP contribution in [0.2, 0.25) is 0 Å². The third kappa shape index (κ3) is 4.15. The van der Waals surface area contributed by atoms with Crippen molar-refractivity contribution in [3.8, 4) is 0 Å². The molecule has 6 nitrogen and oxygen atoms in total. The van der Waals surface area contributed by atoms with Crippen molar-refractivity contribution in [2.45, 2.75) is 6.92 Å². The molecule has 7 heteroatoms. The highest BCUT2D eigenvalue weighted by molar-refractivity contribution is 7.89. The zero-order valence-electron chi connectivity index (χ0n) is 8.73. The standard InChI is InChI=1S/C8H16N2O4S/c1-2-15(12,13)9-3-4-10-5-6-14-7-8(10)11/h9H,2-7H2,1H3. The van der Waals surface area contributed by atoms with Crippen LogP contribution in [-0.2, 0) is 19.6 Å². The lowest BCUT2D eigenvalue weighted by atomic mass is 10.4. The molecule has 0 aromatic heterocycles. The molecule has 0 aromatic carbocycles. The number of carbonyl (C=O) groups is 1. The normalized spacial score (nSPS) is 18.2. The molecule has 0 aliphatic carbocycles. The molecule has 1 aliphatic rings. The predicted octanol–water partition coefficient (Wildman–Crippen LogP) is -1.22. The molecule has 0 radical (unpaired) electrons. The van der Waals surface area contributed by atoms with Gasteiger partial charge in [-0.05, 0) is 6.92 Å². The minimum absolute atomic E-state index is 0.0596. The van der Waals surface area contributed by atoms with Gasteiger partial charge in [0.05, 0.1) is 12.4 Å². The van der Waals surface area contributed by atoms with Crippen LogP contribution in [0.3, 0.4) is 0 Å². The summed E-state index contributed by atoms with van der Waals surface area (Å²) in [5.41, 5.74) is 0. The van der Waals surface area contributed by atoms with E-state index in [0.29, 0.717) is 19.7 Å². The molecule has 0 spiro atoms. The van der Waals surface area contributed by atoms with Crippen molar-refractivity contribution >= 4 is 15.9 Å². The van der Waals surface area contributed by atoms with Gasteiger partial charge in [0.15, 0.2) is 0 Å². The van der Waals surface area contributed by atoms with Crippen LogP contribution in [0.15, 0.2) is 0 Å². The summed E-state index contributed by atoms with van der Waals surface area (Å²) >= 11 is 0. The lowest BCUT2D eigenvalue weighted by Gasteiger charge is -2.26. The topological polar surface area (TPSA) is 75.7 Å². The molecule has 1 N–H and O–H groups in total. The first-order valence-electron chi connectivity index (χ1n) is 4.88. The Morgan fingerprint density at radius 3 is 2.87 bits per heavy atom. The molecule has 88 valence electrons. The second-order valence-electron chi connectivity index (χ2n) is 3.23. The number of carbonyl (C=O) groups excluding carboxylic acids is 1. The van der Waals surface area contributed by atoms with E-state index in [1.165, 1.54) is 0 Å². The Balaban J connectivity index is 2.28. The van der Waals surface area contributed by atoms with E-state index in [9.17, 15) is 13.2 Å². The average Bonchev–Trinajstić information content (AvgIpc) is 2.21. The Labute approximate surface area is 89.6 Å². The number of nitrogens with zero attached hydrogens (tertiary/aromatic N) is 1. The molecule has 1 saturated heterocycles. The summed E-state index contributed by atoms with van der Waals surface area (Å²) in [5, 5.41) is 0. The van der Waals surface area contributed by atoms with Gasteiger partial charge >= 0.3 is 0 Å². The second-order valence-corrected chi connectivity index (χ2v) is 5.33. The SMILES string of the molecule is CCS(=O)(=O)NCCN1CCOCC1=O. The predicted molar refractivity (Wildman–Crippen MR) is 54.9 cm³/mol. The molecule has 0 aromatic rings. The smallest absolute Gasteiger partial charge is 0.248 e. The van der Waals surface area contributed by atoms with E-state index in [2.05, 4.69) is 4.72 Å². The summed E-state index contributed by atoms with van der Waals surface area (Å²) in [6.07, 6.45) is 0. The largest absolute Gasteiger partial charge is 0.370 e. The number of hydrogen-bond donors (Lipinski definition) is 1. The summed E-state index contributed by atoms with van der Waals surface area (Å²) in [4.78, 5) is 12.8. The molecule has 1 rings (SSSR count). The fourth-order valence-corrected chi connectivity index (χ4v) is 1.83. The van der Waals surface area contributed by atoms with Gasteiger partial charge in [-0.1, -0.05) is 0 Å². The van der Waals surface area contributed by atoms with Gasteiger partial charge in [-0.15, -0.1) is 0 Å². The first-order chi connectivity index (χ1) is 7.05. The number of ether oxygens (including phenoxy) is 1. The molecule has 0 unspecified atom stereocenters. The van der Waals surface area contributed by atoms with Crippen LogP contribution >= 0.6 is 0 Å².